The SMILES string of the molecule is Cn1ccnc1SC(c1ccc(F)cc1)(c1ccc(F)cc1)c1ccc(F)cc1.Fc1ccc(C(Sc2ccccn2)(c2ccc(F)cc2)c2ccc(F)cc2)cc1.O[n+]1ccccc1SC(c1ccc(F)cc1)(c1ccc(F)cc1)c1ccc(F)cc1. The molecule has 17 heteroatoms. The smallest absolute Gasteiger partial charge is 0.292 e. The summed E-state index contributed by atoms with van der Waals surface area (Å²) in [5, 5.41) is 12.3. The van der Waals surface area contributed by atoms with Crippen LogP contribution in [0.25, 0.3) is 0 Å². The van der Waals surface area contributed by atoms with Crippen LogP contribution in [-0.2, 0) is 21.3 Å². The first-order valence-corrected chi connectivity index (χ1v) is 29.5. The summed E-state index contributed by atoms with van der Waals surface area (Å²) in [6, 6.07) is 65.6. The molecular formula is C71H50F9N4OS3+. The molecule has 0 aliphatic carbocycles. The van der Waals surface area contributed by atoms with E-state index in [2.05, 4.69) is 9.97 Å². The fraction of sp³-hybridized carbons (Fsp3) is 0.0563. The molecule has 12 rings (SSSR count). The number of pyridine rings is 2. The monoisotopic (exact) mass is 1240 g/mol. The van der Waals surface area contributed by atoms with Gasteiger partial charge in [0.05, 0.1) is 14.5 Å². The van der Waals surface area contributed by atoms with Gasteiger partial charge >= 0.3 is 0 Å². The van der Waals surface area contributed by atoms with Crippen molar-refractivity contribution in [2.24, 2.45) is 7.05 Å². The minimum absolute atomic E-state index is 0.358. The van der Waals surface area contributed by atoms with Gasteiger partial charge in [-0.2, -0.15) is 0 Å². The lowest BCUT2D eigenvalue weighted by Crippen LogP contribution is -2.35. The van der Waals surface area contributed by atoms with E-state index in [1.807, 2.05) is 36.0 Å². The largest absolute Gasteiger partial charge is 0.329 e. The van der Waals surface area contributed by atoms with E-state index in [-0.39, 0.29) is 34.9 Å². The van der Waals surface area contributed by atoms with Gasteiger partial charge in [-0.25, -0.2) is 49.5 Å². The van der Waals surface area contributed by atoms with Gasteiger partial charge in [-0.3, -0.25) is 5.21 Å². The normalized spacial score (nSPS) is 11.5. The van der Waals surface area contributed by atoms with Crippen molar-refractivity contribution >= 4 is 35.3 Å². The van der Waals surface area contributed by atoms with E-state index < -0.39 is 31.7 Å². The molecule has 0 spiro atoms. The Labute approximate surface area is 514 Å². The molecule has 0 aliphatic rings. The number of imidazole rings is 1. The van der Waals surface area contributed by atoms with Crippen molar-refractivity contribution in [3.63, 3.8) is 0 Å². The van der Waals surface area contributed by atoms with Crippen LogP contribution in [-0.4, -0.2) is 19.7 Å². The molecule has 0 radical (unpaired) electrons. The van der Waals surface area contributed by atoms with Crippen LogP contribution < -0.4 is 4.73 Å². The summed E-state index contributed by atoms with van der Waals surface area (Å²) in [6.07, 6.45) is 6.69. The van der Waals surface area contributed by atoms with E-state index in [4.69, 9.17) is 0 Å². The van der Waals surface area contributed by atoms with E-state index in [9.17, 15) is 44.7 Å². The molecule has 0 aliphatic heterocycles. The zero-order valence-corrected chi connectivity index (χ0v) is 48.9. The standard InChI is InChI=1S/C24H17F3NOS.C24H16F3NS.C23H17F3N2S/c25-20-10-4-17(5-11-20)24(18-6-12-21(26)13-7-18,19-8-14-22(27)15-9-19)30-23-3-1-2-16-28(23)29;25-20-10-4-17(5-11-20)24(18-6-12-21(26)13-7-18,19-8-14-22(27)15-9-19)29-23-3-1-2-16-28-23;1-28-15-14-27-22(28)29-23(16-2-8-19(24)9-3-16,17-4-10-20(25)11-5-17)18-6-12-21(26)13-7-18/h1-16,29H;1-16H;2-15H,1H3/q+1;;. The summed E-state index contributed by atoms with van der Waals surface area (Å²) >= 11 is 4.15. The molecule has 3 aromatic heterocycles. The Morgan fingerprint density at radius 2 is 0.591 bits per heavy atom. The molecule has 1 N–H and O–H groups in total. The van der Waals surface area contributed by atoms with E-state index in [0.29, 0.717) is 26.9 Å². The second-order valence-electron chi connectivity index (χ2n) is 19.8. The average Bonchev–Trinajstić information content (AvgIpc) is 0.934. The lowest BCUT2D eigenvalue weighted by atomic mass is 9.84. The maximum atomic E-state index is 13.7. The van der Waals surface area contributed by atoms with Crippen LogP contribution in [0.5, 0.6) is 0 Å². The number of aryl methyl sites for hydroxylation is 1. The highest BCUT2D eigenvalue weighted by molar-refractivity contribution is 8.01. The molecule has 0 amide bonds. The first-order chi connectivity index (χ1) is 42.5. The minimum atomic E-state index is -1.01. The van der Waals surface area contributed by atoms with Crippen LogP contribution in [0.2, 0.25) is 0 Å². The van der Waals surface area contributed by atoms with Crippen molar-refractivity contribution < 1.29 is 49.5 Å². The lowest BCUT2D eigenvalue weighted by molar-refractivity contribution is -0.932. The van der Waals surface area contributed by atoms with Crippen LogP contribution >= 0.6 is 35.3 Å². The van der Waals surface area contributed by atoms with Crippen LogP contribution in [0.1, 0.15) is 50.1 Å². The Kier molecular flexibility index (Phi) is 19.4. The molecule has 0 unspecified atom stereocenters. The molecule has 0 saturated heterocycles. The van der Waals surface area contributed by atoms with Crippen LogP contribution in [0.15, 0.2) is 295 Å². The Balaban J connectivity index is 0.000000146. The third-order valence-electron chi connectivity index (χ3n) is 14.2. The maximum absolute atomic E-state index is 13.7. The van der Waals surface area contributed by atoms with Crippen molar-refractivity contribution in [1.82, 2.24) is 14.5 Å². The summed E-state index contributed by atoms with van der Waals surface area (Å²) in [5.41, 5.74) is 6.69. The fourth-order valence-corrected chi connectivity index (χ4v) is 14.1. The molecule has 9 aromatic carbocycles. The lowest BCUT2D eigenvalue weighted by Gasteiger charge is -2.35. The molecule has 12 aromatic rings. The number of rotatable bonds is 15. The third-order valence-corrected chi connectivity index (χ3v) is 18.8. The topological polar surface area (TPSA) is 54.8 Å². The summed E-state index contributed by atoms with van der Waals surface area (Å²) < 4.78 is 123. The molecule has 3 heterocycles. The predicted octanol–water partition coefficient (Wildman–Crippen LogP) is 18.2. The van der Waals surface area contributed by atoms with Gasteiger partial charge in [-0.15, -0.1) is 0 Å². The van der Waals surface area contributed by atoms with E-state index in [1.54, 1.807) is 140 Å². The Morgan fingerprint density at radius 1 is 0.318 bits per heavy atom. The number of nitrogens with zero attached hydrogens (tertiary/aromatic N) is 4. The van der Waals surface area contributed by atoms with Crippen molar-refractivity contribution in [3.05, 3.63) is 382 Å². The highest BCUT2D eigenvalue weighted by Crippen LogP contribution is 2.54. The zero-order chi connectivity index (χ0) is 61.8. The van der Waals surface area contributed by atoms with Crippen LogP contribution in [0.4, 0.5) is 39.5 Å². The molecule has 0 atom stereocenters. The van der Waals surface area contributed by atoms with Crippen molar-refractivity contribution in [1.29, 1.82) is 0 Å². The van der Waals surface area contributed by atoms with Gasteiger partial charge in [-0.1, -0.05) is 139 Å². The summed E-state index contributed by atoms with van der Waals surface area (Å²) in [7, 11) is 1.88. The van der Waals surface area contributed by atoms with Gasteiger partial charge in [-0.05, 0) is 189 Å². The molecule has 440 valence electrons. The van der Waals surface area contributed by atoms with Gasteiger partial charge in [0.1, 0.15) is 57.1 Å². The number of benzene rings is 9. The number of aromatic nitrogens is 4. The predicted molar refractivity (Wildman–Crippen MR) is 326 cm³/mol. The highest BCUT2D eigenvalue weighted by Gasteiger charge is 2.43. The van der Waals surface area contributed by atoms with E-state index in [1.165, 1.54) is 151 Å². The van der Waals surface area contributed by atoms with Crippen LogP contribution in [0, 0.1) is 52.4 Å². The van der Waals surface area contributed by atoms with E-state index >= 15 is 0 Å². The van der Waals surface area contributed by atoms with Crippen LogP contribution in [0.3, 0.4) is 0 Å². The summed E-state index contributed by atoms with van der Waals surface area (Å²) in [4.78, 5) is 8.87. The molecule has 0 bridgehead atoms. The van der Waals surface area contributed by atoms with E-state index in [0.717, 1.165) is 43.1 Å². The average molecular weight is 1240 g/mol. The number of thioether (sulfide) groups is 3. The summed E-state index contributed by atoms with van der Waals surface area (Å²) in [6.45, 7) is 0. The van der Waals surface area contributed by atoms with Crippen molar-refractivity contribution in [2.45, 2.75) is 29.4 Å². The second kappa shape index (κ2) is 27.6. The number of hydrogen-bond acceptors (Lipinski definition) is 6. The summed E-state index contributed by atoms with van der Waals surface area (Å²) in [5.74, 6) is -3.34. The Morgan fingerprint density at radius 3 is 0.841 bits per heavy atom. The van der Waals surface area contributed by atoms with Crippen molar-refractivity contribution in [3.8, 4) is 0 Å². The van der Waals surface area contributed by atoms with Gasteiger partial charge in [0.2, 0.25) is 6.20 Å². The molecule has 0 saturated carbocycles. The molecule has 88 heavy (non-hydrogen) atoms. The highest BCUT2D eigenvalue weighted by atomic mass is 32.2. The van der Waals surface area contributed by atoms with Gasteiger partial charge in [0.25, 0.3) is 5.03 Å². The third kappa shape index (κ3) is 13.8. The Bertz CT molecular complexity index is 3880. The van der Waals surface area contributed by atoms with Gasteiger partial charge < -0.3 is 4.57 Å². The minimum Gasteiger partial charge on any atom is -0.329 e. The quantitative estimate of drug-likeness (QED) is 0.0363. The fourth-order valence-electron chi connectivity index (χ4n) is 10.00. The molecule has 5 nitrogen and oxygen atoms in total. The van der Waals surface area contributed by atoms with Crippen molar-refractivity contribution in [2.75, 3.05) is 0 Å². The first-order valence-electron chi connectivity index (χ1n) is 27.1. The number of halogens is 9. The van der Waals surface area contributed by atoms with Gasteiger partial charge in [0.15, 0.2) is 5.16 Å². The Hall–Kier alpha value is -9.29. The zero-order valence-electron chi connectivity index (χ0n) is 46.4. The molecular weight excluding hydrogens is 1190 g/mol. The molecule has 0 fully saturated rings. The second-order valence-corrected chi connectivity index (χ2v) is 23.4. The maximum Gasteiger partial charge on any atom is 0.292 e. The van der Waals surface area contributed by atoms with Gasteiger partial charge in [0, 0.05) is 42.5 Å². The first kappa shape index (κ1) is 61.8. The number of hydrogen-bond donors (Lipinski definition) is 1.